The number of allylic oxidation sites excluding steroid dienone is 8. The van der Waals surface area contributed by atoms with Crippen LogP contribution in [0.15, 0.2) is 47.6 Å². The SMILES string of the molecule is C1=CCC(CC2=CC=CC2)=C1.[Br-].[Br-].[Zr+2]. The summed E-state index contributed by atoms with van der Waals surface area (Å²) in [7, 11) is 0. The molecule has 0 saturated carbocycles. The van der Waals surface area contributed by atoms with Gasteiger partial charge in [-0.25, -0.2) is 0 Å². The van der Waals surface area contributed by atoms with Crippen LogP contribution < -0.4 is 34.0 Å². The van der Waals surface area contributed by atoms with Gasteiger partial charge < -0.3 is 34.0 Å². The first-order valence-electron chi connectivity index (χ1n) is 4.14. The van der Waals surface area contributed by atoms with Crippen molar-refractivity contribution in [3.8, 4) is 0 Å². The maximum Gasteiger partial charge on any atom is 2.00 e. The Bertz CT molecular complexity index is 247. The minimum Gasteiger partial charge on any atom is -1.00 e. The third-order valence-electron chi connectivity index (χ3n) is 2.15. The quantitative estimate of drug-likeness (QED) is 0.473. The van der Waals surface area contributed by atoms with Crippen molar-refractivity contribution >= 4 is 0 Å². The summed E-state index contributed by atoms with van der Waals surface area (Å²) in [6.45, 7) is 0. The fraction of sp³-hybridized carbons (Fsp3) is 0.273. The van der Waals surface area contributed by atoms with E-state index in [1.807, 2.05) is 0 Å². The zero-order valence-electron chi connectivity index (χ0n) is 7.84. The molecular formula is C11H12Br2Zr. The molecule has 0 bridgehead atoms. The van der Waals surface area contributed by atoms with E-state index < -0.39 is 0 Å². The zero-order chi connectivity index (χ0) is 7.52. The first-order valence-corrected chi connectivity index (χ1v) is 4.14. The van der Waals surface area contributed by atoms with Crippen LogP contribution in [0.25, 0.3) is 0 Å². The van der Waals surface area contributed by atoms with Crippen molar-refractivity contribution in [1.82, 2.24) is 0 Å². The number of hydrogen-bond donors (Lipinski definition) is 0. The van der Waals surface area contributed by atoms with Crippen LogP contribution in [0.5, 0.6) is 0 Å². The molecule has 0 unspecified atom stereocenters. The van der Waals surface area contributed by atoms with Crippen LogP contribution in [0, 0.1) is 0 Å². The van der Waals surface area contributed by atoms with Gasteiger partial charge in [0.15, 0.2) is 0 Å². The van der Waals surface area contributed by atoms with Crippen molar-refractivity contribution in [2.45, 2.75) is 19.3 Å². The Morgan fingerprint density at radius 3 is 1.57 bits per heavy atom. The molecule has 0 aromatic rings. The summed E-state index contributed by atoms with van der Waals surface area (Å²) in [5.41, 5.74) is 3.11. The molecule has 0 heterocycles. The average Bonchev–Trinajstić information content (AvgIpc) is 2.60. The van der Waals surface area contributed by atoms with Crippen molar-refractivity contribution in [3.05, 3.63) is 47.6 Å². The van der Waals surface area contributed by atoms with Crippen molar-refractivity contribution in [2.24, 2.45) is 0 Å². The summed E-state index contributed by atoms with van der Waals surface area (Å²) in [6.07, 6.45) is 16.7. The normalized spacial score (nSPS) is 16.3. The van der Waals surface area contributed by atoms with Crippen LogP contribution in [0.3, 0.4) is 0 Å². The van der Waals surface area contributed by atoms with Gasteiger partial charge in [-0.3, -0.25) is 0 Å². The van der Waals surface area contributed by atoms with Gasteiger partial charge in [-0.1, -0.05) is 47.6 Å². The Balaban J connectivity index is 0. The van der Waals surface area contributed by atoms with E-state index in [4.69, 9.17) is 0 Å². The van der Waals surface area contributed by atoms with E-state index in [0.29, 0.717) is 0 Å². The molecule has 0 aromatic heterocycles. The molecule has 2 aliphatic rings. The number of rotatable bonds is 2. The predicted octanol–water partition coefficient (Wildman–Crippen LogP) is -2.85. The molecule has 0 atom stereocenters. The van der Waals surface area contributed by atoms with Gasteiger partial charge in [0.1, 0.15) is 0 Å². The molecule has 0 N–H and O–H groups in total. The van der Waals surface area contributed by atoms with Gasteiger partial charge in [-0.15, -0.1) is 0 Å². The molecule has 0 nitrogen and oxygen atoms in total. The summed E-state index contributed by atoms with van der Waals surface area (Å²) < 4.78 is 0. The van der Waals surface area contributed by atoms with Gasteiger partial charge in [0.2, 0.25) is 0 Å². The van der Waals surface area contributed by atoms with Crippen molar-refractivity contribution < 1.29 is 60.2 Å². The van der Waals surface area contributed by atoms with E-state index in [0.717, 1.165) is 12.8 Å². The van der Waals surface area contributed by atoms with Gasteiger partial charge in [-0.05, 0) is 19.3 Å². The first kappa shape index (κ1) is 17.2. The second kappa shape index (κ2) is 9.06. The van der Waals surface area contributed by atoms with Gasteiger partial charge in [0.05, 0.1) is 0 Å². The first-order chi connectivity index (χ1) is 5.45. The van der Waals surface area contributed by atoms with E-state index in [1.54, 1.807) is 11.1 Å². The Hall–Kier alpha value is 0.803. The summed E-state index contributed by atoms with van der Waals surface area (Å²) >= 11 is 0. The van der Waals surface area contributed by atoms with E-state index in [9.17, 15) is 0 Å². The molecule has 0 spiro atoms. The molecule has 0 aliphatic heterocycles. The van der Waals surface area contributed by atoms with E-state index in [1.165, 1.54) is 6.42 Å². The molecule has 0 saturated heterocycles. The van der Waals surface area contributed by atoms with Crippen LogP contribution in [-0.4, -0.2) is 0 Å². The molecule has 0 amide bonds. The van der Waals surface area contributed by atoms with Crippen molar-refractivity contribution in [1.29, 1.82) is 0 Å². The second-order valence-electron chi connectivity index (χ2n) is 3.09. The summed E-state index contributed by atoms with van der Waals surface area (Å²) in [6, 6.07) is 0. The topological polar surface area (TPSA) is 0 Å². The monoisotopic (exact) mass is 392 g/mol. The van der Waals surface area contributed by atoms with Crippen LogP contribution in [0.4, 0.5) is 0 Å². The van der Waals surface area contributed by atoms with Gasteiger partial charge >= 0.3 is 26.2 Å². The zero-order valence-corrected chi connectivity index (χ0v) is 13.5. The van der Waals surface area contributed by atoms with E-state index in [-0.39, 0.29) is 60.2 Å². The molecule has 3 heteroatoms. The maximum absolute atomic E-state index is 2.24. The summed E-state index contributed by atoms with van der Waals surface area (Å²) in [4.78, 5) is 0. The molecule has 0 radical (unpaired) electrons. The Morgan fingerprint density at radius 1 is 0.857 bits per heavy atom. The Labute approximate surface area is 126 Å². The fourth-order valence-electron chi connectivity index (χ4n) is 1.54. The average molecular weight is 395 g/mol. The van der Waals surface area contributed by atoms with Crippen LogP contribution in [0.1, 0.15) is 19.3 Å². The van der Waals surface area contributed by atoms with E-state index in [2.05, 4.69) is 36.5 Å². The Kier molecular flexibility index (Phi) is 11.1. The largest absolute Gasteiger partial charge is 2.00 e. The van der Waals surface area contributed by atoms with E-state index >= 15 is 0 Å². The summed E-state index contributed by atoms with van der Waals surface area (Å²) in [5, 5.41) is 0. The van der Waals surface area contributed by atoms with Gasteiger partial charge in [0, 0.05) is 0 Å². The molecule has 74 valence electrons. The molecule has 2 rings (SSSR count). The summed E-state index contributed by atoms with van der Waals surface area (Å²) in [5.74, 6) is 0. The molecule has 14 heavy (non-hydrogen) atoms. The number of hydrogen-bond acceptors (Lipinski definition) is 0. The van der Waals surface area contributed by atoms with Crippen molar-refractivity contribution in [2.75, 3.05) is 0 Å². The second-order valence-corrected chi connectivity index (χ2v) is 3.09. The van der Waals surface area contributed by atoms with Crippen LogP contribution in [0.2, 0.25) is 0 Å². The molecule has 0 aromatic carbocycles. The standard InChI is InChI=1S/C11H12.2BrH.Zr/c1-2-6-10(5-1)9-11-7-3-4-8-11;;;/h1-5,7H,6,8-9H2;2*1H;/q;;;+2/p-2. The predicted molar refractivity (Wildman–Crippen MR) is 48.3 cm³/mol. The van der Waals surface area contributed by atoms with Crippen LogP contribution >= 0.6 is 0 Å². The van der Waals surface area contributed by atoms with Gasteiger partial charge in [-0.2, -0.15) is 0 Å². The molecule has 0 fully saturated rings. The smallest absolute Gasteiger partial charge is 1.00 e. The van der Waals surface area contributed by atoms with Crippen molar-refractivity contribution in [3.63, 3.8) is 0 Å². The number of halogens is 2. The Morgan fingerprint density at radius 2 is 1.29 bits per heavy atom. The maximum atomic E-state index is 2.24. The third kappa shape index (κ3) is 5.04. The molecular weight excluding hydrogens is 383 g/mol. The fourth-order valence-corrected chi connectivity index (χ4v) is 1.54. The minimum atomic E-state index is 0. The van der Waals surface area contributed by atoms with Gasteiger partial charge in [0.25, 0.3) is 0 Å². The van der Waals surface area contributed by atoms with Crippen LogP contribution in [-0.2, 0) is 26.2 Å². The third-order valence-corrected chi connectivity index (χ3v) is 2.15. The molecule has 2 aliphatic carbocycles. The minimum absolute atomic E-state index is 0.